The summed E-state index contributed by atoms with van der Waals surface area (Å²) in [5.41, 5.74) is 7.64. The first-order valence-corrected chi connectivity index (χ1v) is 5.76. The van der Waals surface area contributed by atoms with Crippen LogP contribution in [-0.4, -0.2) is 13.1 Å². The highest BCUT2D eigenvalue weighted by Gasteiger charge is 2.15. The number of halogens is 1. The minimum Gasteiger partial charge on any atom is -0.397 e. The molecule has 0 unspecified atom stereocenters. The molecular formula is C12H19ClN2. The number of para-hydroxylation sites is 1. The van der Waals surface area contributed by atoms with Crippen molar-refractivity contribution in [3.05, 3.63) is 23.2 Å². The van der Waals surface area contributed by atoms with Crippen molar-refractivity contribution in [2.45, 2.75) is 32.7 Å². The van der Waals surface area contributed by atoms with Crippen molar-refractivity contribution in [2.75, 3.05) is 17.7 Å². The lowest BCUT2D eigenvalue weighted by molar-refractivity contribution is 0.592. The van der Waals surface area contributed by atoms with Gasteiger partial charge >= 0.3 is 0 Å². The molecule has 2 nitrogen and oxygen atoms in total. The topological polar surface area (TPSA) is 29.3 Å². The summed E-state index contributed by atoms with van der Waals surface area (Å²) < 4.78 is 0. The molecule has 0 spiro atoms. The molecule has 0 atom stereocenters. The van der Waals surface area contributed by atoms with Crippen LogP contribution in [-0.2, 0) is 0 Å². The van der Waals surface area contributed by atoms with Gasteiger partial charge < -0.3 is 10.6 Å². The van der Waals surface area contributed by atoms with E-state index in [1.165, 1.54) is 0 Å². The smallest absolute Gasteiger partial charge is 0.0789 e. The van der Waals surface area contributed by atoms with E-state index in [0.717, 1.165) is 29.2 Å². The van der Waals surface area contributed by atoms with Crippen LogP contribution < -0.4 is 10.6 Å². The van der Waals surface area contributed by atoms with Gasteiger partial charge in [0.1, 0.15) is 0 Å². The van der Waals surface area contributed by atoms with Crippen LogP contribution in [0.1, 0.15) is 26.7 Å². The zero-order valence-corrected chi connectivity index (χ0v) is 10.4. The van der Waals surface area contributed by atoms with Crippen molar-refractivity contribution in [3.63, 3.8) is 0 Å². The molecule has 84 valence electrons. The van der Waals surface area contributed by atoms with Crippen molar-refractivity contribution in [1.29, 1.82) is 0 Å². The summed E-state index contributed by atoms with van der Waals surface area (Å²) in [4.78, 5) is 2.18. The number of rotatable bonds is 4. The van der Waals surface area contributed by atoms with Crippen molar-refractivity contribution < 1.29 is 0 Å². The second kappa shape index (κ2) is 5.26. The highest BCUT2D eigenvalue weighted by Crippen LogP contribution is 2.33. The third-order valence-corrected chi connectivity index (χ3v) is 3.17. The second-order valence-electron chi connectivity index (χ2n) is 3.76. The second-order valence-corrected chi connectivity index (χ2v) is 4.17. The van der Waals surface area contributed by atoms with E-state index in [4.69, 9.17) is 17.3 Å². The van der Waals surface area contributed by atoms with Crippen molar-refractivity contribution in [2.24, 2.45) is 0 Å². The minimum absolute atomic E-state index is 0.493. The fourth-order valence-corrected chi connectivity index (χ4v) is 2.24. The lowest BCUT2D eigenvalue weighted by Crippen LogP contribution is -2.31. The van der Waals surface area contributed by atoms with Gasteiger partial charge in [0, 0.05) is 13.1 Å². The number of nitrogens with zero attached hydrogens (tertiary/aromatic N) is 1. The molecule has 0 aliphatic rings. The van der Waals surface area contributed by atoms with Crippen LogP contribution in [0.3, 0.4) is 0 Å². The molecule has 15 heavy (non-hydrogen) atoms. The molecule has 0 fully saturated rings. The predicted octanol–water partition coefficient (Wildman–Crippen LogP) is 3.55. The Hall–Kier alpha value is -0.890. The standard InChI is InChI=1S/C12H19ClN2/c1-4-9(5-2)15(3)12-10(13)7-6-8-11(12)14/h6-9H,4-5,14H2,1-3H3. The summed E-state index contributed by atoms with van der Waals surface area (Å²) in [5, 5.41) is 0.726. The van der Waals surface area contributed by atoms with Crippen molar-refractivity contribution in [3.8, 4) is 0 Å². The average molecular weight is 227 g/mol. The first-order chi connectivity index (χ1) is 7.11. The van der Waals surface area contributed by atoms with E-state index in [2.05, 4.69) is 25.8 Å². The maximum Gasteiger partial charge on any atom is 0.0789 e. The normalized spacial score (nSPS) is 10.7. The summed E-state index contributed by atoms with van der Waals surface area (Å²) in [7, 11) is 2.05. The van der Waals surface area contributed by atoms with Gasteiger partial charge in [-0.05, 0) is 25.0 Å². The van der Waals surface area contributed by atoms with Gasteiger partial charge in [0.05, 0.1) is 16.4 Å². The van der Waals surface area contributed by atoms with Gasteiger partial charge in [-0.3, -0.25) is 0 Å². The molecular weight excluding hydrogens is 208 g/mol. The fraction of sp³-hybridized carbons (Fsp3) is 0.500. The molecule has 0 saturated carbocycles. The predicted molar refractivity (Wildman–Crippen MR) is 68.6 cm³/mol. The summed E-state index contributed by atoms with van der Waals surface area (Å²) in [5.74, 6) is 0. The highest BCUT2D eigenvalue weighted by molar-refractivity contribution is 6.34. The van der Waals surface area contributed by atoms with Crippen LogP contribution in [0.25, 0.3) is 0 Å². The Morgan fingerprint density at radius 3 is 2.40 bits per heavy atom. The van der Waals surface area contributed by atoms with Gasteiger partial charge in [0.25, 0.3) is 0 Å². The number of nitrogens with two attached hydrogens (primary N) is 1. The van der Waals surface area contributed by atoms with Gasteiger partial charge in [0.2, 0.25) is 0 Å². The molecule has 0 aliphatic heterocycles. The summed E-state index contributed by atoms with van der Waals surface area (Å²) in [6.07, 6.45) is 2.19. The highest BCUT2D eigenvalue weighted by atomic mass is 35.5. The van der Waals surface area contributed by atoms with Crippen LogP contribution in [0.2, 0.25) is 5.02 Å². The van der Waals surface area contributed by atoms with Gasteiger partial charge in [-0.15, -0.1) is 0 Å². The Morgan fingerprint density at radius 1 is 1.33 bits per heavy atom. The maximum atomic E-state index is 6.16. The van der Waals surface area contributed by atoms with E-state index >= 15 is 0 Å². The van der Waals surface area contributed by atoms with E-state index in [1.807, 2.05) is 18.2 Å². The summed E-state index contributed by atoms with van der Waals surface area (Å²) in [6, 6.07) is 6.14. The Kier molecular flexibility index (Phi) is 4.28. The Morgan fingerprint density at radius 2 is 1.93 bits per heavy atom. The zero-order chi connectivity index (χ0) is 11.4. The van der Waals surface area contributed by atoms with E-state index in [-0.39, 0.29) is 0 Å². The largest absolute Gasteiger partial charge is 0.397 e. The third kappa shape index (κ3) is 2.57. The van der Waals surface area contributed by atoms with Crippen LogP contribution in [0, 0.1) is 0 Å². The lowest BCUT2D eigenvalue weighted by atomic mass is 10.1. The first kappa shape index (κ1) is 12.2. The molecule has 0 saturated heterocycles. The Bertz CT molecular complexity index is 301. The number of hydrogen-bond acceptors (Lipinski definition) is 2. The first-order valence-electron chi connectivity index (χ1n) is 5.38. The zero-order valence-electron chi connectivity index (χ0n) is 9.63. The van der Waals surface area contributed by atoms with Crippen LogP contribution in [0.5, 0.6) is 0 Å². The number of benzene rings is 1. The molecule has 0 amide bonds. The molecule has 3 heteroatoms. The minimum atomic E-state index is 0.493. The molecule has 0 heterocycles. The Labute approximate surface area is 97.0 Å². The molecule has 1 aromatic rings. The third-order valence-electron chi connectivity index (χ3n) is 2.86. The summed E-state index contributed by atoms with van der Waals surface area (Å²) >= 11 is 6.16. The average Bonchev–Trinajstić information content (AvgIpc) is 2.19. The molecule has 0 radical (unpaired) electrons. The fourth-order valence-electron chi connectivity index (χ4n) is 1.92. The van der Waals surface area contributed by atoms with Gasteiger partial charge in [-0.2, -0.15) is 0 Å². The van der Waals surface area contributed by atoms with E-state index in [0.29, 0.717) is 6.04 Å². The number of hydrogen-bond donors (Lipinski definition) is 1. The monoisotopic (exact) mass is 226 g/mol. The summed E-state index contributed by atoms with van der Waals surface area (Å²) in [6.45, 7) is 4.36. The molecule has 1 aromatic carbocycles. The van der Waals surface area contributed by atoms with Gasteiger partial charge in [-0.25, -0.2) is 0 Å². The Balaban J connectivity index is 3.04. The molecule has 0 aromatic heterocycles. The lowest BCUT2D eigenvalue weighted by Gasteiger charge is -2.30. The SMILES string of the molecule is CCC(CC)N(C)c1c(N)cccc1Cl. The quantitative estimate of drug-likeness (QED) is 0.796. The van der Waals surface area contributed by atoms with Crippen LogP contribution >= 0.6 is 11.6 Å². The molecule has 0 aliphatic carbocycles. The van der Waals surface area contributed by atoms with E-state index in [9.17, 15) is 0 Å². The van der Waals surface area contributed by atoms with Crippen molar-refractivity contribution >= 4 is 23.0 Å². The van der Waals surface area contributed by atoms with Gasteiger partial charge in [0.15, 0.2) is 0 Å². The molecule has 0 bridgehead atoms. The number of nitrogen functional groups attached to an aromatic ring is 1. The van der Waals surface area contributed by atoms with Crippen molar-refractivity contribution in [1.82, 2.24) is 0 Å². The van der Waals surface area contributed by atoms with Gasteiger partial charge in [-0.1, -0.05) is 31.5 Å². The van der Waals surface area contributed by atoms with Crippen LogP contribution in [0.15, 0.2) is 18.2 Å². The van der Waals surface area contributed by atoms with E-state index in [1.54, 1.807) is 0 Å². The molecule has 1 rings (SSSR count). The number of anilines is 2. The maximum absolute atomic E-state index is 6.16. The van der Waals surface area contributed by atoms with E-state index < -0.39 is 0 Å². The van der Waals surface area contributed by atoms with Crippen LogP contribution in [0.4, 0.5) is 11.4 Å². The molecule has 2 N–H and O–H groups in total.